The fraction of sp³-hybridized carbons (Fsp3) is 0.538. The molecule has 2 aromatic rings. The van der Waals surface area contributed by atoms with E-state index in [1.807, 2.05) is 16.8 Å². The van der Waals surface area contributed by atoms with Gasteiger partial charge in [0.15, 0.2) is 17.3 Å². The van der Waals surface area contributed by atoms with Crippen LogP contribution in [-0.4, -0.2) is 39.2 Å². The molecule has 1 aliphatic heterocycles. The topological polar surface area (TPSA) is 80.7 Å². The molecule has 1 fully saturated rings. The zero-order chi connectivity index (χ0) is 14.3. The molecule has 0 radical (unpaired) electrons. The maximum absolute atomic E-state index is 5.94. The monoisotopic (exact) mass is 276 g/mol. The summed E-state index contributed by atoms with van der Waals surface area (Å²) >= 11 is 0. The van der Waals surface area contributed by atoms with Crippen molar-refractivity contribution < 1.29 is 4.74 Å². The molecule has 20 heavy (non-hydrogen) atoms. The number of anilines is 2. The fourth-order valence-electron chi connectivity index (χ4n) is 2.81. The van der Waals surface area contributed by atoms with Gasteiger partial charge in [-0.25, -0.2) is 15.8 Å². The lowest BCUT2D eigenvalue weighted by atomic mass is 10.1. The minimum absolute atomic E-state index is 0.144. The average molecular weight is 276 g/mol. The fourth-order valence-corrected chi connectivity index (χ4v) is 2.81. The molecule has 0 spiro atoms. The SMILES string of the molecule is CC1CN(c2nc(NN)cn3ccnc23)CC(C)(C)O1. The van der Waals surface area contributed by atoms with E-state index in [4.69, 9.17) is 10.6 Å². The number of imidazole rings is 1. The van der Waals surface area contributed by atoms with Gasteiger partial charge >= 0.3 is 0 Å². The van der Waals surface area contributed by atoms with Gasteiger partial charge in [-0.1, -0.05) is 0 Å². The second-order valence-corrected chi connectivity index (χ2v) is 5.82. The first kappa shape index (κ1) is 13.1. The number of fused-ring (bicyclic) bond motifs is 1. The minimum atomic E-state index is -0.213. The highest BCUT2D eigenvalue weighted by Gasteiger charge is 2.33. The van der Waals surface area contributed by atoms with Crippen molar-refractivity contribution in [3.8, 4) is 0 Å². The standard InChI is InChI=1S/C13H20N6O/c1-9-6-19(8-13(2,3)20-9)12-11-15-4-5-18(11)7-10(16-12)17-14/h4-5,7,9,17H,6,8,14H2,1-3H3. The molecule has 0 aliphatic carbocycles. The number of nitrogens with zero attached hydrogens (tertiary/aromatic N) is 4. The molecule has 1 atom stereocenters. The molecule has 108 valence electrons. The van der Waals surface area contributed by atoms with Crippen LogP contribution >= 0.6 is 0 Å². The normalized spacial score (nSPS) is 22.2. The molecule has 0 amide bonds. The van der Waals surface area contributed by atoms with Gasteiger partial charge in [0.1, 0.15) is 0 Å². The van der Waals surface area contributed by atoms with E-state index in [0.717, 1.165) is 24.6 Å². The second-order valence-electron chi connectivity index (χ2n) is 5.82. The Morgan fingerprint density at radius 1 is 1.50 bits per heavy atom. The van der Waals surface area contributed by atoms with Crippen LogP contribution < -0.4 is 16.2 Å². The summed E-state index contributed by atoms with van der Waals surface area (Å²) in [6, 6.07) is 0. The van der Waals surface area contributed by atoms with Gasteiger partial charge < -0.3 is 19.5 Å². The highest BCUT2D eigenvalue weighted by atomic mass is 16.5. The summed E-state index contributed by atoms with van der Waals surface area (Å²) in [5, 5.41) is 0. The van der Waals surface area contributed by atoms with Crippen LogP contribution in [0.25, 0.3) is 5.65 Å². The maximum Gasteiger partial charge on any atom is 0.180 e. The maximum atomic E-state index is 5.94. The Kier molecular flexibility index (Phi) is 3.02. The average Bonchev–Trinajstić information content (AvgIpc) is 2.82. The van der Waals surface area contributed by atoms with Gasteiger partial charge in [0, 0.05) is 25.5 Å². The predicted octanol–water partition coefficient (Wildman–Crippen LogP) is 1.02. The number of hydrazine groups is 1. The van der Waals surface area contributed by atoms with Gasteiger partial charge in [-0.15, -0.1) is 0 Å². The third-order valence-corrected chi connectivity index (χ3v) is 3.37. The number of hydrogen-bond acceptors (Lipinski definition) is 6. The van der Waals surface area contributed by atoms with Crippen LogP contribution in [0.2, 0.25) is 0 Å². The van der Waals surface area contributed by atoms with Gasteiger partial charge in [-0.05, 0) is 20.8 Å². The van der Waals surface area contributed by atoms with E-state index >= 15 is 0 Å². The summed E-state index contributed by atoms with van der Waals surface area (Å²) in [4.78, 5) is 11.2. The quantitative estimate of drug-likeness (QED) is 0.629. The molecule has 0 bridgehead atoms. The van der Waals surface area contributed by atoms with E-state index in [2.05, 4.69) is 41.1 Å². The number of morpholine rings is 1. The first-order valence-electron chi connectivity index (χ1n) is 6.71. The molecule has 3 rings (SSSR count). The molecule has 7 nitrogen and oxygen atoms in total. The first-order valence-corrected chi connectivity index (χ1v) is 6.71. The Balaban J connectivity index is 2.06. The van der Waals surface area contributed by atoms with Crippen molar-refractivity contribution in [3.63, 3.8) is 0 Å². The molecular formula is C13H20N6O. The van der Waals surface area contributed by atoms with Crippen LogP contribution in [0.15, 0.2) is 18.6 Å². The smallest absolute Gasteiger partial charge is 0.180 e. The summed E-state index contributed by atoms with van der Waals surface area (Å²) < 4.78 is 7.86. The zero-order valence-electron chi connectivity index (χ0n) is 12.0. The summed E-state index contributed by atoms with van der Waals surface area (Å²) in [5.74, 6) is 6.94. The number of nitrogens with one attached hydrogen (secondary N) is 1. The van der Waals surface area contributed by atoms with Gasteiger partial charge in [0.25, 0.3) is 0 Å². The van der Waals surface area contributed by atoms with E-state index < -0.39 is 0 Å². The Morgan fingerprint density at radius 2 is 2.30 bits per heavy atom. The number of nitrogens with two attached hydrogens (primary N) is 1. The van der Waals surface area contributed by atoms with Gasteiger partial charge in [0.2, 0.25) is 0 Å². The molecule has 3 heterocycles. The minimum Gasteiger partial charge on any atom is -0.369 e. The molecule has 1 saturated heterocycles. The van der Waals surface area contributed by atoms with Crippen molar-refractivity contribution in [3.05, 3.63) is 18.6 Å². The second kappa shape index (κ2) is 4.60. The number of ether oxygens (including phenoxy) is 1. The molecule has 0 aromatic carbocycles. The van der Waals surface area contributed by atoms with Crippen molar-refractivity contribution in [2.45, 2.75) is 32.5 Å². The molecule has 2 aromatic heterocycles. The van der Waals surface area contributed by atoms with Crippen LogP contribution in [0.1, 0.15) is 20.8 Å². The van der Waals surface area contributed by atoms with E-state index in [-0.39, 0.29) is 11.7 Å². The van der Waals surface area contributed by atoms with Crippen LogP contribution in [-0.2, 0) is 4.74 Å². The Labute approximate surface area is 117 Å². The molecule has 1 unspecified atom stereocenters. The van der Waals surface area contributed by atoms with Crippen LogP contribution in [0.4, 0.5) is 11.6 Å². The number of aromatic nitrogens is 3. The molecule has 3 N–H and O–H groups in total. The highest BCUT2D eigenvalue weighted by Crippen LogP contribution is 2.28. The van der Waals surface area contributed by atoms with Crippen molar-refractivity contribution in [1.29, 1.82) is 0 Å². The van der Waals surface area contributed by atoms with Crippen molar-refractivity contribution >= 4 is 17.3 Å². The highest BCUT2D eigenvalue weighted by molar-refractivity contribution is 5.67. The Morgan fingerprint density at radius 3 is 3.00 bits per heavy atom. The number of rotatable bonds is 2. The van der Waals surface area contributed by atoms with Crippen molar-refractivity contribution in [2.24, 2.45) is 5.84 Å². The van der Waals surface area contributed by atoms with E-state index in [0.29, 0.717) is 5.82 Å². The van der Waals surface area contributed by atoms with Crippen molar-refractivity contribution in [1.82, 2.24) is 14.4 Å². The van der Waals surface area contributed by atoms with Crippen LogP contribution in [0.3, 0.4) is 0 Å². The summed E-state index contributed by atoms with van der Waals surface area (Å²) in [5.41, 5.74) is 3.22. The Hall–Kier alpha value is -1.86. The summed E-state index contributed by atoms with van der Waals surface area (Å²) in [7, 11) is 0. The van der Waals surface area contributed by atoms with Gasteiger partial charge in [-0.2, -0.15) is 0 Å². The summed E-state index contributed by atoms with van der Waals surface area (Å²) in [6.45, 7) is 7.79. The molecular weight excluding hydrogens is 256 g/mol. The van der Waals surface area contributed by atoms with Gasteiger partial charge in [0.05, 0.1) is 17.9 Å². The number of hydrogen-bond donors (Lipinski definition) is 2. The van der Waals surface area contributed by atoms with Crippen LogP contribution in [0.5, 0.6) is 0 Å². The predicted molar refractivity (Wildman–Crippen MR) is 77.6 cm³/mol. The van der Waals surface area contributed by atoms with E-state index in [9.17, 15) is 0 Å². The third-order valence-electron chi connectivity index (χ3n) is 3.37. The van der Waals surface area contributed by atoms with Crippen molar-refractivity contribution in [2.75, 3.05) is 23.4 Å². The lowest BCUT2D eigenvalue weighted by Crippen LogP contribution is -2.52. The lowest BCUT2D eigenvalue weighted by Gasteiger charge is -2.42. The lowest BCUT2D eigenvalue weighted by molar-refractivity contribution is -0.0751. The largest absolute Gasteiger partial charge is 0.369 e. The van der Waals surface area contributed by atoms with E-state index in [1.54, 1.807) is 6.20 Å². The summed E-state index contributed by atoms with van der Waals surface area (Å²) in [6.07, 6.45) is 5.61. The zero-order valence-corrected chi connectivity index (χ0v) is 12.0. The number of nitrogen functional groups attached to an aromatic ring is 1. The van der Waals surface area contributed by atoms with E-state index in [1.165, 1.54) is 0 Å². The first-order chi connectivity index (χ1) is 9.48. The third kappa shape index (κ3) is 2.30. The van der Waals surface area contributed by atoms with Crippen LogP contribution in [0, 0.1) is 0 Å². The molecule has 1 aliphatic rings. The molecule has 7 heteroatoms. The molecule has 0 saturated carbocycles. The Bertz CT molecular complexity index is 622. The van der Waals surface area contributed by atoms with Gasteiger partial charge in [-0.3, -0.25) is 0 Å².